The predicted molar refractivity (Wildman–Crippen MR) is 96.5 cm³/mol. The molecule has 110 valence electrons. The molecule has 2 N–H and O–H groups in total. The van der Waals surface area contributed by atoms with Crippen LogP contribution in [0.5, 0.6) is 0 Å². The molecule has 3 heterocycles. The molecular weight excluding hydrogens is 456 g/mol. The monoisotopic (exact) mass is 464 g/mol. The van der Waals surface area contributed by atoms with Crippen LogP contribution in [0.2, 0.25) is 0 Å². The Kier molecular flexibility index (Phi) is 5.00. The Labute approximate surface area is 151 Å². The molecule has 2 unspecified atom stereocenters. The van der Waals surface area contributed by atoms with Crippen molar-refractivity contribution in [2.75, 3.05) is 0 Å². The van der Waals surface area contributed by atoms with E-state index in [1.165, 1.54) is 11.3 Å². The summed E-state index contributed by atoms with van der Waals surface area (Å²) in [4.78, 5) is 1.66. The normalized spacial score (nSPS) is 14.3. The van der Waals surface area contributed by atoms with E-state index in [0.717, 1.165) is 28.5 Å². The number of thiophene rings is 3. The average molecular weight is 466 g/mol. The lowest BCUT2D eigenvalue weighted by Crippen LogP contribution is -1.96. The molecule has 0 aliphatic rings. The van der Waals surface area contributed by atoms with Crippen LogP contribution < -0.4 is 0 Å². The lowest BCUT2D eigenvalue weighted by molar-refractivity contribution is 0.223. The number of hydrogen-bond donors (Lipinski definition) is 2. The second-order valence-electron chi connectivity index (χ2n) is 4.34. The lowest BCUT2D eigenvalue weighted by atomic mass is 10.1. The maximum absolute atomic E-state index is 10.4. The summed E-state index contributed by atoms with van der Waals surface area (Å²) in [6.45, 7) is 0. The minimum Gasteiger partial charge on any atom is -0.383 e. The third kappa shape index (κ3) is 3.19. The van der Waals surface area contributed by atoms with Gasteiger partial charge in [-0.25, -0.2) is 0 Å². The summed E-state index contributed by atoms with van der Waals surface area (Å²) >= 11 is 11.4. The van der Waals surface area contributed by atoms with Gasteiger partial charge in [0, 0.05) is 20.9 Å². The highest BCUT2D eigenvalue weighted by molar-refractivity contribution is 9.11. The third-order valence-electron chi connectivity index (χ3n) is 3.07. The first-order valence-electron chi connectivity index (χ1n) is 5.99. The van der Waals surface area contributed by atoms with E-state index in [2.05, 4.69) is 31.9 Å². The quantitative estimate of drug-likeness (QED) is 0.529. The highest BCUT2D eigenvalue weighted by atomic mass is 79.9. The van der Waals surface area contributed by atoms with Gasteiger partial charge in [-0.1, -0.05) is 0 Å². The first-order chi connectivity index (χ1) is 10.1. The smallest absolute Gasteiger partial charge is 0.115 e. The predicted octanol–water partition coefficient (Wildman–Crippen LogP) is 5.56. The van der Waals surface area contributed by atoms with Crippen molar-refractivity contribution in [2.24, 2.45) is 0 Å². The van der Waals surface area contributed by atoms with Gasteiger partial charge in [-0.05, 0) is 66.9 Å². The zero-order valence-electron chi connectivity index (χ0n) is 10.5. The maximum atomic E-state index is 10.4. The Morgan fingerprint density at radius 1 is 0.762 bits per heavy atom. The number of halogens is 2. The van der Waals surface area contributed by atoms with E-state index in [1.807, 2.05) is 35.0 Å². The highest BCUT2D eigenvalue weighted by Gasteiger charge is 2.21. The molecule has 3 aromatic heterocycles. The summed E-state index contributed by atoms with van der Waals surface area (Å²) in [6, 6.07) is 7.56. The summed E-state index contributed by atoms with van der Waals surface area (Å²) in [5.74, 6) is 0. The summed E-state index contributed by atoms with van der Waals surface area (Å²) in [5.41, 5.74) is 1.72. The molecule has 0 saturated heterocycles. The van der Waals surface area contributed by atoms with Gasteiger partial charge < -0.3 is 10.2 Å². The summed E-state index contributed by atoms with van der Waals surface area (Å²) < 4.78 is 1.87. The Morgan fingerprint density at radius 3 is 1.52 bits per heavy atom. The first-order valence-corrected chi connectivity index (χ1v) is 10.2. The van der Waals surface area contributed by atoms with Crippen LogP contribution in [0, 0.1) is 0 Å². The van der Waals surface area contributed by atoms with Crippen LogP contribution in [0.15, 0.2) is 42.6 Å². The highest BCUT2D eigenvalue weighted by Crippen LogP contribution is 2.39. The second kappa shape index (κ2) is 6.62. The Hall–Kier alpha value is -0.0200. The molecule has 2 atom stereocenters. The van der Waals surface area contributed by atoms with Crippen LogP contribution in [-0.4, -0.2) is 10.2 Å². The Morgan fingerprint density at radius 2 is 1.19 bits per heavy atom. The largest absolute Gasteiger partial charge is 0.383 e. The van der Waals surface area contributed by atoms with Gasteiger partial charge in [-0.15, -0.1) is 34.0 Å². The standard InChI is InChI=1S/C14H10Br2O2S3/c15-13-7(3-5-19-13)11(17)9-1-2-10(21-9)12(18)8-4-6-20-14(8)16/h1-6,11-12,17-18H. The van der Waals surface area contributed by atoms with Crippen molar-refractivity contribution < 1.29 is 10.2 Å². The number of rotatable bonds is 4. The fraction of sp³-hybridized carbons (Fsp3) is 0.143. The average Bonchev–Trinajstić information content (AvgIpc) is 3.17. The van der Waals surface area contributed by atoms with Crippen molar-refractivity contribution in [2.45, 2.75) is 12.2 Å². The van der Waals surface area contributed by atoms with Gasteiger partial charge in [0.05, 0.1) is 7.57 Å². The van der Waals surface area contributed by atoms with Gasteiger partial charge in [0.15, 0.2) is 0 Å². The van der Waals surface area contributed by atoms with E-state index in [4.69, 9.17) is 0 Å². The van der Waals surface area contributed by atoms with Crippen molar-refractivity contribution in [3.05, 3.63) is 63.5 Å². The molecule has 0 fully saturated rings. The fourth-order valence-electron chi connectivity index (χ4n) is 1.97. The van der Waals surface area contributed by atoms with Gasteiger partial charge in [0.25, 0.3) is 0 Å². The van der Waals surface area contributed by atoms with Crippen LogP contribution in [0.1, 0.15) is 33.1 Å². The van der Waals surface area contributed by atoms with Crippen molar-refractivity contribution in [3.63, 3.8) is 0 Å². The molecule has 2 nitrogen and oxygen atoms in total. The van der Waals surface area contributed by atoms with E-state index < -0.39 is 12.2 Å². The number of aliphatic hydroxyl groups excluding tert-OH is 2. The van der Waals surface area contributed by atoms with Crippen molar-refractivity contribution in [3.8, 4) is 0 Å². The molecule has 7 heteroatoms. The van der Waals surface area contributed by atoms with E-state index in [-0.39, 0.29) is 0 Å². The Bertz CT molecular complexity index is 686. The summed E-state index contributed by atoms with van der Waals surface area (Å²) in [6.07, 6.45) is -1.33. The van der Waals surface area contributed by atoms with Crippen molar-refractivity contribution >= 4 is 65.9 Å². The molecule has 3 rings (SSSR count). The lowest BCUT2D eigenvalue weighted by Gasteiger charge is -2.09. The number of aliphatic hydroxyl groups is 2. The number of hydrogen-bond acceptors (Lipinski definition) is 5. The zero-order valence-corrected chi connectivity index (χ0v) is 16.1. The molecule has 0 radical (unpaired) electrons. The van der Waals surface area contributed by atoms with Gasteiger partial charge in [-0.2, -0.15) is 0 Å². The van der Waals surface area contributed by atoms with Crippen LogP contribution >= 0.6 is 65.9 Å². The van der Waals surface area contributed by atoms with E-state index in [1.54, 1.807) is 22.7 Å². The first kappa shape index (κ1) is 15.9. The molecule has 0 aliphatic carbocycles. The van der Waals surface area contributed by atoms with Gasteiger partial charge in [0.2, 0.25) is 0 Å². The van der Waals surface area contributed by atoms with Gasteiger partial charge in [-0.3, -0.25) is 0 Å². The van der Waals surface area contributed by atoms with Crippen LogP contribution in [0.25, 0.3) is 0 Å². The molecule has 21 heavy (non-hydrogen) atoms. The maximum Gasteiger partial charge on any atom is 0.115 e. The molecule has 3 aromatic rings. The summed E-state index contributed by atoms with van der Waals surface area (Å²) in [7, 11) is 0. The molecular formula is C14H10Br2O2S3. The van der Waals surface area contributed by atoms with Crippen LogP contribution in [-0.2, 0) is 0 Å². The van der Waals surface area contributed by atoms with E-state index in [9.17, 15) is 10.2 Å². The Balaban J connectivity index is 1.87. The molecule has 0 spiro atoms. The fourth-order valence-corrected chi connectivity index (χ4v) is 5.63. The molecule has 0 amide bonds. The second-order valence-corrected chi connectivity index (χ2v) is 9.96. The van der Waals surface area contributed by atoms with E-state index in [0.29, 0.717) is 0 Å². The molecule has 0 aliphatic heterocycles. The molecule has 0 saturated carbocycles. The SMILES string of the molecule is OC(c1ccc(C(O)c2ccsc2Br)s1)c1ccsc1Br. The zero-order chi connectivity index (χ0) is 15.0. The molecule has 0 bridgehead atoms. The van der Waals surface area contributed by atoms with Crippen molar-refractivity contribution in [1.29, 1.82) is 0 Å². The van der Waals surface area contributed by atoms with E-state index >= 15 is 0 Å². The minimum atomic E-state index is -0.664. The summed E-state index contributed by atoms with van der Waals surface area (Å²) in [5, 5.41) is 24.8. The molecule has 0 aromatic carbocycles. The van der Waals surface area contributed by atoms with Crippen molar-refractivity contribution in [1.82, 2.24) is 0 Å². The topological polar surface area (TPSA) is 40.5 Å². The van der Waals surface area contributed by atoms with Gasteiger partial charge >= 0.3 is 0 Å². The van der Waals surface area contributed by atoms with Crippen LogP contribution in [0.4, 0.5) is 0 Å². The van der Waals surface area contributed by atoms with Gasteiger partial charge in [0.1, 0.15) is 12.2 Å². The third-order valence-corrected chi connectivity index (χ3v) is 7.72. The minimum absolute atomic E-state index is 0.664. The van der Waals surface area contributed by atoms with Crippen LogP contribution in [0.3, 0.4) is 0 Å².